The maximum atomic E-state index is 10.4. The number of carboxylic acid groups (broad SMARTS) is 1. The Balaban J connectivity index is 1.69. The predicted molar refractivity (Wildman–Crippen MR) is 97.6 cm³/mol. The van der Waals surface area contributed by atoms with Crippen LogP contribution in [-0.4, -0.2) is 11.1 Å². The molecule has 1 rings (SSSR count). The van der Waals surface area contributed by atoms with Gasteiger partial charge in [-0.2, -0.15) is 0 Å². The van der Waals surface area contributed by atoms with Crippen LogP contribution in [-0.2, 0) is 4.79 Å². The first kappa shape index (κ1) is 19.8. The number of hydrogen-bond acceptors (Lipinski definition) is 1. The van der Waals surface area contributed by atoms with Crippen molar-refractivity contribution in [2.45, 2.75) is 96.3 Å². The number of carboxylic acids is 1. The van der Waals surface area contributed by atoms with Gasteiger partial charge < -0.3 is 5.11 Å². The highest BCUT2D eigenvalue weighted by Crippen LogP contribution is 2.15. The molecule has 0 aromatic rings. The fraction of sp³-hybridized carbons (Fsp3) is 0.714. The molecular weight excluding hydrogens is 284 g/mol. The van der Waals surface area contributed by atoms with Crippen molar-refractivity contribution in [3.63, 3.8) is 0 Å². The van der Waals surface area contributed by atoms with Crippen molar-refractivity contribution in [3.8, 4) is 0 Å². The van der Waals surface area contributed by atoms with E-state index in [4.69, 9.17) is 5.11 Å². The van der Waals surface area contributed by atoms with Crippen LogP contribution >= 0.6 is 0 Å². The molecule has 0 bridgehead atoms. The molecule has 2 heteroatoms. The molecule has 1 N–H and O–H groups in total. The number of aliphatic carboxylic acids is 1. The first-order valence-electron chi connectivity index (χ1n) is 9.63. The van der Waals surface area contributed by atoms with E-state index in [0.29, 0.717) is 6.42 Å². The summed E-state index contributed by atoms with van der Waals surface area (Å²) in [5.41, 5.74) is 4.63. The van der Waals surface area contributed by atoms with Gasteiger partial charge in [0.1, 0.15) is 0 Å². The molecule has 1 aliphatic rings. The average molecular weight is 319 g/mol. The normalized spacial score (nSPS) is 12.8. The second kappa shape index (κ2) is 14.3. The molecular formula is C21H34O2. The highest BCUT2D eigenvalue weighted by molar-refractivity contribution is 5.66. The second-order valence-electron chi connectivity index (χ2n) is 6.69. The Morgan fingerprint density at radius 2 is 1.26 bits per heavy atom. The van der Waals surface area contributed by atoms with Gasteiger partial charge in [0.15, 0.2) is 0 Å². The van der Waals surface area contributed by atoms with Crippen LogP contribution in [0.5, 0.6) is 0 Å². The lowest BCUT2D eigenvalue weighted by Crippen LogP contribution is -1.93. The van der Waals surface area contributed by atoms with Crippen LogP contribution in [0.1, 0.15) is 96.3 Å². The van der Waals surface area contributed by atoms with E-state index in [1.54, 1.807) is 0 Å². The topological polar surface area (TPSA) is 37.3 Å². The lowest BCUT2D eigenvalue weighted by molar-refractivity contribution is -0.137. The third kappa shape index (κ3) is 12.9. The Hall–Kier alpha value is -1.27. The lowest BCUT2D eigenvalue weighted by atomic mass is 10.0. The van der Waals surface area contributed by atoms with Gasteiger partial charge in [-0.15, -0.1) is 5.73 Å². The van der Waals surface area contributed by atoms with Gasteiger partial charge in [0, 0.05) is 6.42 Å². The fourth-order valence-electron chi connectivity index (χ4n) is 3.06. The minimum Gasteiger partial charge on any atom is -0.481 e. The fourth-order valence-corrected chi connectivity index (χ4v) is 3.06. The zero-order valence-electron chi connectivity index (χ0n) is 14.7. The van der Waals surface area contributed by atoms with Gasteiger partial charge in [-0.25, -0.2) is 0 Å². The highest BCUT2D eigenvalue weighted by Gasteiger charge is 1.98. The summed E-state index contributed by atoms with van der Waals surface area (Å²) in [7, 11) is 0. The molecule has 0 saturated heterocycles. The summed E-state index contributed by atoms with van der Waals surface area (Å²) in [6.45, 7) is 0. The van der Waals surface area contributed by atoms with E-state index in [9.17, 15) is 4.79 Å². The van der Waals surface area contributed by atoms with Crippen molar-refractivity contribution in [2.24, 2.45) is 0 Å². The molecule has 0 saturated carbocycles. The molecule has 1 aliphatic carbocycles. The Labute approximate surface area is 142 Å². The third-order valence-electron chi connectivity index (χ3n) is 4.50. The molecule has 0 heterocycles. The smallest absolute Gasteiger partial charge is 0.303 e. The molecule has 0 fully saturated rings. The van der Waals surface area contributed by atoms with Crippen LogP contribution in [0.15, 0.2) is 29.5 Å². The van der Waals surface area contributed by atoms with E-state index >= 15 is 0 Å². The van der Waals surface area contributed by atoms with Crippen molar-refractivity contribution in [3.05, 3.63) is 29.5 Å². The summed E-state index contributed by atoms with van der Waals surface area (Å²) in [6.07, 6.45) is 24.4. The summed E-state index contributed by atoms with van der Waals surface area (Å²) in [4.78, 5) is 10.4. The average Bonchev–Trinajstić information content (AvgIpc) is 3.04. The maximum Gasteiger partial charge on any atom is 0.303 e. The molecule has 0 aliphatic heterocycles. The molecule has 0 aromatic heterocycles. The largest absolute Gasteiger partial charge is 0.481 e. The molecule has 0 amide bonds. The molecule has 0 spiro atoms. The van der Waals surface area contributed by atoms with Crippen LogP contribution in [0.3, 0.4) is 0 Å². The summed E-state index contributed by atoms with van der Waals surface area (Å²) in [5.74, 6) is -0.658. The Bertz CT molecular complexity index is 400. The highest BCUT2D eigenvalue weighted by atomic mass is 16.4. The summed E-state index contributed by atoms with van der Waals surface area (Å²) in [5, 5.41) is 8.55. The van der Waals surface area contributed by atoms with E-state index in [1.807, 2.05) is 6.08 Å². The quantitative estimate of drug-likeness (QED) is 0.258. The second-order valence-corrected chi connectivity index (χ2v) is 6.69. The first-order chi connectivity index (χ1) is 11.3. The summed E-state index contributed by atoms with van der Waals surface area (Å²) in [6, 6.07) is 0. The molecule has 0 radical (unpaired) electrons. The molecule has 0 atom stereocenters. The van der Waals surface area contributed by atoms with E-state index in [-0.39, 0.29) is 0 Å². The van der Waals surface area contributed by atoms with E-state index in [1.165, 1.54) is 82.6 Å². The van der Waals surface area contributed by atoms with E-state index in [2.05, 4.69) is 17.9 Å². The summed E-state index contributed by atoms with van der Waals surface area (Å²) >= 11 is 0. The summed E-state index contributed by atoms with van der Waals surface area (Å²) < 4.78 is 0. The predicted octanol–water partition coefficient (Wildman–Crippen LogP) is 6.57. The lowest BCUT2D eigenvalue weighted by Gasteiger charge is -2.03. The van der Waals surface area contributed by atoms with Crippen molar-refractivity contribution in [1.82, 2.24) is 0 Å². The Morgan fingerprint density at radius 1 is 0.783 bits per heavy atom. The number of rotatable bonds is 16. The Morgan fingerprint density at radius 3 is 1.70 bits per heavy atom. The number of unbranched alkanes of at least 4 members (excludes halogenated alkanes) is 12. The number of hydrogen-bond donors (Lipinski definition) is 1. The third-order valence-corrected chi connectivity index (χ3v) is 4.50. The zero-order chi connectivity index (χ0) is 16.6. The number of allylic oxidation sites excluding steroid dienone is 3. The van der Waals surface area contributed by atoms with Gasteiger partial charge in [0.25, 0.3) is 0 Å². The Kier molecular flexibility index (Phi) is 12.3. The van der Waals surface area contributed by atoms with Crippen LogP contribution < -0.4 is 0 Å². The SMILES string of the molecule is O=C(O)CCCCCCCCCCCCCCCC1=C=CC=C1. The van der Waals surface area contributed by atoms with Crippen LogP contribution in [0.25, 0.3) is 0 Å². The van der Waals surface area contributed by atoms with E-state index < -0.39 is 5.97 Å². The number of carbonyl (C=O) groups is 1. The molecule has 0 unspecified atom stereocenters. The van der Waals surface area contributed by atoms with Gasteiger partial charge in [-0.05, 0) is 30.9 Å². The van der Waals surface area contributed by atoms with Crippen LogP contribution in [0.4, 0.5) is 0 Å². The van der Waals surface area contributed by atoms with Gasteiger partial charge in [0.2, 0.25) is 0 Å². The van der Waals surface area contributed by atoms with E-state index in [0.717, 1.165) is 12.8 Å². The minimum atomic E-state index is -0.658. The molecule has 2 nitrogen and oxygen atoms in total. The van der Waals surface area contributed by atoms with Crippen LogP contribution in [0, 0.1) is 0 Å². The maximum absolute atomic E-state index is 10.4. The van der Waals surface area contributed by atoms with Crippen LogP contribution in [0.2, 0.25) is 0 Å². The standard InChI is InChI=1S/C21H34O2/c22-21(23)19-13-11-9-7-5-3-1-2-4-6-8-10-12-16-20-17-14-15-18-20/h14-15,17H,1-13,16,19H2,(H,22,23). The van der Waals surface area contributed by atoms with Gasteiger partial charge in [0.05, 0.1) is 0 Å². The zero-order valence-corrected chi connectivity index (χ0v) is 14.7. The van der Waals surface area contributed by atoms with Gasteiger partial charge in [-0.1, -0.05) is 82.8 Å². The minimum absolute atomic E-state index is 0.338. The monoisotopic (exact) mass is 318 g/mol. The van der Waals surface area contributed by atoms with Gasteiger partial charge >= 0.3 is 5.97 Å². The first-order valence-corrected chi connectivity index (χ1v) is 9.63. The molecule has 23 heavy (non-hydrogen) atoms. The van der Waals surface area contributed by atoms with Crippen molar-refractivity contribution in [1.29, 1.82) is 0 Å². The van der Waals surface area contributed by atoms with Gasteiger partial charge in [-0.3, -0.25) is 4.79 Å². The molecule has 0 aromatic carbocycles. The van der Waals surface area contributed by atoms with Crippen molar-refractivity contribution >= 4 is 5.97 Å². The van der Waals surface area contributed by atoms with Crippen molar-refractivity contribution in [2.75, 3.05) is 0 Å². The molecule has 130 valence electrons. The van der Waals surface area contributed by atoms with Crippen molar-refractivity contribution < 1.29 is 9.90 Å².